The van der Waals surface area contributed by atoms with Gasteiger partial charge in [-0.3, -0.25) is 9.59 Å². The van der Waals surface area contributed by atoms with Crippen LogP contribution >= 0.6 is 0 Å². The van der Waals surface area contributed by atoms with Crippen molar-refractivity contribution in [3.63, 3.8) is 0 Å². The fourth-order valence-electron chi connectivity index (χ4n) is 1.88. The van der Waals surface area contributed by atoms with Crippen molar-refractivity contribution in [2.24, 2.45) is 0 Å². The molecule has 0 bridgehead atoms. The first-order valence-corrected chi connectivity index (χ1v) is 6.56. The number of hydrogen-bond acceptors (Lipinski definition) is 2. The van der Waals surface area contributed by atoms with Gasteiger partial charge in [0.2, 0.25) is 0 Å². The van der Waals surface area contributed by atoms with Crippen LogP contribution in [0.15, 0.2) is 24.3 Å². The van der Waals surface area contributed by atoms with E-state index >= 15 is 0 Å². The highest BCUT2D eigenvalue weighted by Gasteiger charge is 2.17. The van der Waals surface area contributed by atoms with Crippen LogP contribution in [-0.2, 0) is 4.79 Å². The smallest absolute Gasteiger partial charge is 0.323 e. The monoisotopic (exact) mass is 263 g/mol. The number of rotatable bonds is 6. The van der Waals surface area contributed by atoms with Gasteiger partial charge >= 0.3 is 5.97 Å². The Morgan fingerprint density at radius 2 is 1.79 bits per heavy atom. The van der Waals surface area contributed by atoms with Crippen LogP contribution in [0.25, 0.3) is 0 Å². The van der Waals surface area contributed by atoms with Gasteiger partial charge in [-0.25, -0.2) is 0 Å². The van der Waals surface area contributed by atoms with E-state index in [1.54, 1.807) is 12.1 Å². The van der Waals surface area contributed by atoms with Crippen LogP contribution in [0.4, 0.5) is 0 Å². The largest absolute Gasteiger partial charge is 0.480 e. The number of carboxylic acids is 1. The number of aliphatic carboxylic acids is 1. The molecule has 1 aromatic carbocycles. The summed E-state index contributed by atoms with van der Waals surface area (Å²) in [6.45, 7) is 6.30. The Morgan fingerprint density at radius 1 is 1.21 bits per heavy atom. The maximum atomic E-state index is 12.2. The Kier molecular flexibility index (Phi) is 5.55. The summed E-state index contributed by atoms with van der Waals surface area (Å²) in [7, 11) is 0. The molecule has 4 heteroatoms. The zero-order chi connectivity index (χ0) is 14.4. The number of nitrogens with zero attached hydrogens (tertiary/aromatic N) is 1. The van der Waals surface area contributed by atoms with Crippen LogP contribution in [0.3, 0.4) is 0 Å². The van der Waals surface area contributed by atoms with Crippen LogP contribution in [-0.4, -0.2) is 35.0 Å². The lowest BCUT2D eigenvalue weighted by atomic mass is 10.0. The topological polar surface area (TPSA) is 57.6 Å². The van der Waals surface area contributed by atoms with Crippen molar-refractivity contribution in [3.05, 3.63) is 35.4 Å². The molecule has 0 radical (unpaired) electrons. The van der Waals surface area contributed by atoms with Gasteiger partial charge in [-0.05, 0) is 30.0 Å². The third kappa shape index (κ3) is 4.39. The highest BCUT2D eigenvalue weighted by molar-refractivity contribution is 5.95. The van der Waals surface area contributed by atoms with Gasteiger partial charge in [0, 0.05) is 12.1 Å². The molecule has 0 unspecified atom stereocenters. The molecule has 0 atom stereocenters. The van der Waals surface area contributed by atoms with E-state index in [0.717, 1.165) is 12.0 Å². The number of carboxylic acid groups (broad SMARTS) is 1. The second kappa shape index (κ2) is 6.92. The van der Waals surface area contributed by atoms with E-state index in [1.165, 1.54) is 4.90 Å². The van der Waals surface area contributed by atoms with E-state index in [-0.39, 0.29) is 12.5 Å². The lowest BCUT2D eigenvalue weighted by molar-refractivity contribution is -0.137. The normalized spacial score (nSPS) is 10.5. The van der Waals surface area contributed by atoms with Crippen molar-refractivity contribution in [2.75, 3.05) is 13.1 Å². The average Bonchev–Trinajstić information content (AvgIpc) is 2.37. The summed E-state index contributed by atoms with van der Waals surface area (Å²) >= 11 is 0. The van der Waals surface area contributed by atoms with Crippen LogP contribution < -0.4 is 0 Å². The van der Waals surface area contributed by atoms with E-state index < -0.39 is 5.97 Å². The van der Waals surface area contributed by atoms with E-state index in [2.05, 4.69) is 13.8 Å². The minimum absolute atomic E-state index is 0.223. The number of hydrogen-bond donors (Lipinski definition) is 1. The Morgan fingerprint density at radius 3 is 2.21 bits per heavy atom. The number of carbonyl (C=O) groups is 2. The molecule has 0 aliphatic rings. The van der Waals surface area contributed by atoms with Crippen molar-refractivity contribution in [1.82, 2.24) is 4.90 Å². The summed E-state index contributed by atoms with van der Waals surface area (Å²) in [4.78, 5) is 24.4. The van der Waals surface area contributed by atoms with Crippen molar-refractivity contribution >= 4 is 11.9 Å². The van der Waals surface area contributed by atoms with Crippen molar-refractivity contribution in [1.29, 1.82) is 0 Å². The zero-order valence-electron chi connectivity index (χ0n) is 11.7. The molecule has 1 N–H and O–H groups in total. The van der Waals surface area contributed by atoms with Crippen molar-refractivity contribution in [3.8, 4) is 0 Å². The minimum Gasteiger partial charge on any atom is -0.480 e. The fraction of sp³-hybridized carbons (Fsp3) is 0.467. The molecule has 1 aromatic rings. The van der Waals surface area contributed by atoms with E-state index in [1.807, 2.05) is 19.1 Å². The summed E-state index contributed by atoms with van der Waals surface area (Å²) in [5, 5.41) is 8.83. The lowest BCUT2D eigenvalue weighted by Gasteiger charge is -2.20. The molecule has 1 amide bonds. The van der Waals surface area contributed by atoms with Gasteiger partial charge in [0.25, 0.3) is 5.91 Å². The van der Waals surface area contributed by atoms with Gasteiger partial charge in [0.1, 0.15) is 6.54 Å². The predicted octanol–water partition coefficient (Wildman–Crippen LogP) is 2.75. The Labute approximate surface area is 114 Å². The summed E-state index contributed by atoms with van der Waals surface area (Å²) < 4.78 is 0. The SMILES string of the molecule is CCCN(CC(=O)O)C(=O)c1ccc(C(C)C)cc1. The van der Waals surface area contributed by atoms with Gasteiger partial charge < -0.3 is 10.0 Å². The highest BCUT2D eigenvalue weighted by atomic mass is 16.4. The fourth-order valence-corrected chi connectivity index (χ4v) is 1.88. The molecule has 104 valence electrons. The Balaban J connectivity index is 2.86. The minimum atomic E-state index is -0.986. The third-order valence-electron chi connectivity index (χ3n) is 2.93. The van der Waals surface area contributed by atoms with Crippen molar-refractivity contribution in [2.45, 2.75) is 33.1 Å². The molecule has 0 spiro atoms. The summed E-state index contributed by atoms with van der Waals surface area (Å²) in [5.41, 5.74) is 1.70. The lowest BCUT2D eigenvalue weighted by Crippen LogP contribution is -2.36. The standard InChI is InChI=1S/C15H21NO3/c1-4-9-16(10-14(17)18)15(19)13-7-5-12(6-8-13)11(2)3/h5-8,11H,4,9-10H2,1-3H3,(H,17,18). The molecular formula is C15H21NO3. The molecule has 0 heterocycles. The van der Waals surface area contributed by atoms with Gasteiger partial charge in [0.15, 0.2) is 0 Å². The molecule has 0 fully saturated rings. The molecule has 1 rings (SSSR count). The summed E-state index contributed by atoms with van der Waals surface area (Å²) in [6, 6.07) is 7.37. The summed E-state index contributed by atoms with van der Waals surface area (Å²) in [5.74, 6) is -0.796. The van der Waals surface area contributed by atoms with Crippen molar-refractivity contribution < 1.29 is 14.7 Å². The molecule has 0 aliphatic heterocycles. The maximum absolute atomic E-state index is 12.2. The molecular weight excluding hydrogens is 242 g/mol. The second-order valence-electron chi connectivity index (χ2n) is 4.90. The van der Waals surface area contributed by atoms with Gasteiger partial charge in [-0.2, -0.15) is 0 Å². The average molecular weight is 263 g/mol. The van der Waals surface area contributed by atoms with Crippen LogP contribution in [0.2, 0.25) is 0 Å². The van der Waals surface area contributed by atoms with Crippen LogP contribution in [0.5, 0.6) is 0 Å². The number of amides is 1. The van der Waals surface area contributed by atoms with E-state index in [0.29, 0.717) is 18.0 Å². The first-order chi connectivity index (χ1) is 8.95. The highest BCUT2D eigenvalue weighted by Crippen LogP contribution is 2.15. The van der Waals surface area contributed by atoms with Crippen LogP contribution in [0, 0.1) is 0 Å². The third-order valence-corrected chi connectivity index (χ3v) is 2.93. The van der Waals surface area contributed by atoms with E-state index in [9.17, 15) is 9.59 Å². The van der Waals surface area contributed by atoms with Crippen LogP contribution in [0.1, 0.15) is 49.0 Å². The quantitative estimate of drug-likeness (QED) is 0.858. The van der Waals surface area contributed by atoms with Gasteiger partial charge in [0.05, 0.1) is 0 Å². The van der Waals surface area contributed by atoms with Gasteiger partial charge in [-0.1, -0.05) is 32.9 Å². The van der Waals surface area contributed by atoms with Gasteiger partial charge in [-0.15, -0.1) is 0 Å². The Hall–Kier alpha value is -1.84. The first kappa shape index (κ1) is 15.2. The Bertz CT molecular complexity index is 437. The summed E-state index contributed by atoms with van der Waals surface area (Å²) in [6.07, 6.45) is 0.739. The van der Waals surface area contributed by atoms with E-state index in [4.69, 9.17) is 5.11 Å². The molecule has 0 aliphatic carbocycles. The first-order valence-electron chi connectivity index (χ1n) is 6.56. The number of carbonyl (C=O) groups excluding carboxylic acids is 1. The molecule has 0 saturated carbocycles. The number of benzene rings is 1. The molecule has 19 heavy (non-hydrogen) atoms. The predicted molar refractivity (Wildman–Crippen MR) is 74.4 cm³/mol. The second-order valence-corrected chi connectivity index (χ2v) is 4.90. The molecule has 4 nitrogen and oxygen atoms in total. The zero-order valence-corrected chi connectivity index (χ0v) is 11.7. The molecule has 0 aromatic heterocycles. The molecule has 0 saturated heterocycles. The maximum Gasteiger partial charge on any atom is 0.323 e.